The summed E-state index contributed by atoms with van der Waals surface area (Å²) in [6, 6.07) is 0. The molecule has 0 aliphatic rings. The highest BCUT2D eigenvalue weighted by molar-refractivity contribution is 7.92. The maximum Gasteiger partial charge on any atom is 0.188 e. The molecule has 0 aromatic carbocycles. The molecule has 0 radical (unpaired) electrons. The van der Waals surface area contributed by atoms with Crippen LogP contribution in [0.15, 0.2) is 4.99 Å². The maximum atomic E-state index is 11.4. The molecule has 0 saturated heterocycles. The minimum Gasteiger partial charge on any atom is -0.370 e. The number of aliphatic imine (C=N–C) groups is 1. The number of sulfone groups is 1. The zero-order valence-electron chi connectivity index (χ0n) is 11.4. The first-order valence-corrected chi connectivity index (χ1v) is 7.69. The summed E-state index contributed by atoms with van der Waals surface area (Å²) in [5.41, 5.74) is 5.65. The van der Waals surface area contributed by atoms with Gasteiger partial charge in [0.05, 0.1) is 11.3 Å². The van der Waals surface area contributed by atoms with Gasteiger partial charge in [-0.2, -0.15) is 0 Å². The maximum absolute atomic E-state index is 11.4. The summed E-state index contributed by atoms with van der Waals surface area (Å²) < 4.78 is 22.0. The van der Waals surface area contributed by atoms with Gasteiger partial charge in [0, 0.05) is 12.8 Å². The molecule has 0 atom stereocenters. The summed E-state index contributed by atoms with van der Waals surface area (Å²) in [6.45, 7) is 8.47. The van der Waals surface area contributed by atoms with Crippen molar-refractivity contribution < 1.29 is 8.42 Å². The second-order valence-electron chi connectivity index (χ2n) is 5.34. The van der Waals surface area contributed by atoms with E-state index in [9.17, 15) is 8.42 Å². The number of hydrogen-bond donors (Lipinski definition) is 2. The molecule has 0 saturated carbocycles. The van der Waals surface area contributed by atoms with Crippen LogP contribution in [0.25, 0.3) is 0 Å². The standard InChI is InChI=1S/C11H25N3O2S/c1-9(2)6-7-13-10(12)14-8-11(3,4)17(5,15)16/h9H,6-8H2,1-5H3,(H3,12,13,14). The summed E-state index contributed by atoms with van der Waals surface area (Å²) in [5.74, 6) is 0.908. The van der Waals surface area contributed by atoms with Crippen molar-refractivity contribution in [1.82, 2.24) is 5.32 Å². The Kier molecular flexibility index (Phi) is 5.95. The van der Waals surface area contributed by atoms with Crippen LogP contribution in [0.4, 0.5) is 0 Å². The van der Waals surface area contributed by atoms with Crippen molar-refractivity contribution in [3.63, 3.8) is 0 Å². The Bertz CT molecular complexity index is 359. The molecule has 3 N–H and O–H groups in total. The topological polar surface area (TPSA) is 84.5 Å². The molecule has 0 aliphatic heterocycles. The Hall–Kier alpha value is -0.780. The minimum absolute atomic E-state index is 0.173. The van der Waals surface area contributed by atoms with Gasteiger partial charge in [-0.15, -0.1) is 0 Å². The van der Waals surface area contributed by atoms with E-state index < -0.39 is 14.6 Å². The molecule has 0 amide bonds. The molecular weight excluding hydrogens is 238 g/mol. The molecule has 0 aromatic heterocycles. The Morgan fingerprint density at radius 3 is 2.35 bits per heavy atom. The van der Waals surface area contributed by atoms with E-state index in [4.69, 9.17) is 5.73 Å². The van der Waals surface area contributed by atoms with Gasteiger partial charge in [-0.05, 0) is 26.2 Å². The van der Waals surface area contributed by atoms with Crippen molar-refractivity contribution in [2.75, 3.05) is 19.3 Å². The molecule has 0 unspecified atom stereocenters. The predicted molar refractivity (Wildman–Crippen MR) is 72.9 cm³/mol. The molecule has 6 heteroatoms. The fraction of sp³-hybridized carbons (Fsp3) is 0.909. The van der Waals surface area contributed by atoms with E-state index >= 15 is 0 Å². The largest absolute Gasteiger partial charge is 0.370 e. The van der Waals surface area contributed by atoms with Crippen LogP contribution < -0.4 is 11.1 Å². The quantitative estimate of drug-likeness (QED) is 0.547. The molecule has 0 rings (SSSR count). The third-order valence-corrected chi connectivity index (χ3v) is 4.80. The van der Waals surface area contributed by atoms with Gasteiger partial charge in [0.1, 0.15) is 0 Å². The monoisotopic (exact) mass is 263 g/mol. The van der Waals surface area contributed by atoms with E-state index in [1.807, 2.05) is 0 Å². The van der Waals surface area contributed by atoms with Crippen LogP contribution in [0.2, 0.25) is 0 Å². The molecule has 0 aliphatic carbocycles. The van der Waals surface area contributed by atoms with Crippen molar-refractivity contribution in [2.24, 2.45) is 16.6 Å². The Balaban J connectivity index is 4.24. The van der Waals surface area contributed by atoms with Crippen LogP contribution in [-0.4, -0.2) is 38.5 Å². The molecule has 102 valence electrons. The number of rotatable bonds is 6. The Morgan fingerprint density at radius 1 is 1.41 bits per heavy atom. The summed E-state index contributed by atoms with van der Waals surface area (Å²) in [4.78, 5) is 4.06. The van der Waals surface area contributed by atoms with E-state index in [1.54, 1.807) is 13.8 Å². The third-order valence-electron chi connectivity index (χ3n) is 2.66. The molecule has 0 heterocycles. The minimum atomic E-state index is -3.12. The highest BCUT2D eigenvalue weighted by Crippen LogP contribution is 2.14. The van der Waals surface area contributed by atoms with Crippen LogP contribution in [0.5, 0.6) is 0 Å². The van der Waals surface area contributed by atoms with Crippen molar-refractivity contribution in [3.05, 3.63) is 0 Å². The van der Waals surface area contributed by atoms with Gasteiger partial charge in [-0.25, -0.2) is 8.42 Å². The van der Waals surface area contributed by atoms with Crippen molar-refractivity contribution in [1.29, 1.82) is 0 Å². The second-order valence-corrected chi connectivity index (χ2v) is 7.99. The molecule has 0 aromatic rings. The first-order chi connectivity index (χ1) is 7.56. The first-order valence-electron chi connectivity index (χ1n) is 5.79. The zero-order valence-corrected chi connectivity index (χ0v) is 12.3. The fourth-order valence-electron chi connectivity index (χ4n) is 0.938. The van der Waals surface area contributed by atoms with E-state index in [0.29, 0.717) is 11.9 Å². The van der Waals surface area contributed by atoms with E-state index in [0.717, 1.165) is 13.0 Å². The number of nitrogens with zero attached hydrogens (tertiary/aromatic N) is 1. The van der Waals surface area contributed by atoms with E-state index in [1.165, 1.54) is 6.26 Å². The normalized spacial score (nSPS) is 14.1. The van der Waals surface area contributed by atoms with Gasteiger partial charge in [0.25, 0.3) is 0 Å². The van der Waals surface area contributed by atoms with Gasteiger partial charge in [0.2, 0.25) is 0 Å². The van der Waals surface area contributed by atoms with Gasteiger partial charge in [0.15, 0.2) is 15.8 Å². The number of hydrogen-bond acceptors (Lipinski definition) is 3. The van der Waals surface area contributed by atoms with Gasteiger partial charge < -0.3 is 11.1 Å². The Labute approximate surface area is 105 Å². The van der Waals surface area contributed by atoms with Crippen molar-refractivity contribution in [2.45, 2.75) is 38.9 Å². The average molecular weight is 263 g/mol. The summed E-state index contributed by atoms with van der Waals surface area (Å²) in [7, 11) is -3.12. The third kappa shape index (κ3) is 6.51. The van der Waals surface area contributed by atoms with E-state index in [-0.39, 0.29) is 6.54 Å². The molecular formula is C11H25N3O2S. The van der Waals surface area contributed by atoms with Gasteiger partial charge >= 0.3 is 0 Å². The zero-order chi connectivity index (χ0) is 13.7. The highest BCUT2D eigenvalue weighted by atomic mass is 32.2. The molecule has 5 nitrogen and oxygen atoms in total. The number of nitrogens with two attached hydrogens (primary N) is 1. The van der Waals surface area contributed by atoms with Crippen LogP contribution in [0, 0.1) is 5.92 Å². The van der Waals surface area contributed by atoms with Gasteiger partial charge in [-0.1, -0.05) is 13.8 Å². The predicted octanol–water partition coefficient (Wildman–Crippen LogP) is 0.760. The number of nitrogens with one attached hydrogen (secondary N) is 1. The lowest BCUT2D eigenvalue weighted by Crippen LogP contribution is -2.38. The second kappa shape index (κ2) is 6.23. The van der Waals surface area contributed by atoms with Crippen LogP contribution >= 0.6 is 0 Å². The Morgan fingerprint density at radius 2 is 1.94 bits per heavy atom. The van der Waals surface area contributed by atoms with Crippen molar-refractivity contribution in [3.8, 4) is 0 Å². The SMILES string of the molecule is CC(C)CCNC(N)=NCC(C)(C)S(C)(=O)=O. The lowest BCUT2D eigenvalue weighted by Gasteiger charge is -2.20. The summed E-state index contributed by atoms with van der Waals surface area (Å²) in [6.07, 6.45) is 2.22. The fourth-order valence-corrected chi connectivity index (χ4v) is 1.24. The lowest BCUT2D eigenvalue weighted by molar-refractivity contribution is 0.554. The van der Waals surface area contributed by atoms with Crippen LogP contribution in [0.3, 0.4) is 0 Å². The number of guanidine groups is 1. The van der Waals surface area contributed by atoms with E-state index in [2.05, 4.69) is 24.2 Å². The summed E-state index contributed by atoms with van der Waals surface area (Å²) >= 11 is 0. The smallest absolute Gasteiger partial charge is 0.188 e. The van der Waals surface area contributed by atoms with Crippen LogP contribution in [-0.2, 0) is 9.84 Å². The van der Waals surface area contributed by atoms with Gasteiger partial charge in [-0.3, -0.25) is 4.99 Å². The molecule has 17 heavy (non-hydrogen) atoms. The van der Waals surface area contributed by atoms with Crippen LogP contribution in [0.1, 0.15) is 34.1 Å². The lowest BCUT2D eigenvalue weighted by atomic mass is 10.1. The average Bonchev–Trinajstić information content (AvgIpc) is 2.12. The molecule has 0 bridgehead atoms. The molecule has 0 spiro atoms. The van der Waals surface area contributed by atoms with Crippen molar-refractivity contribution >= 4 is 15.8 Å². The molecule has 0 fully saturated rings. The first kappa shape index (κ1) is 16.2. The summed E-state index contributed by atoms with van der Waals surface area (Å²) in [5, 5.41) is 2.97. The highest BCUT2D eigenvalue weighted by Gasteiger charge is 2.29.